The number of ether oxygens (including phenoxy) is 2. The molecule has 2 heterocycles. The lowest BCUT2D eigenvalue weighted by Gasteiger charge is -2.32. The van der Waals surface area contributed by atoms with E-state index in [2.05, 4.69) is 11.8 Å². The second kappa shape index (κ2) is 7.08. The van der Waals surface area contributed by atoms with Crippen molar-refractivity contribution in [1.82, 2.24) is 9.47 Å². The van der Waals surface area contributed by atoms with Crippen molar-refractivity contribution in [2.75, 3.05) is 13.1 Å². The molecular weight excluding hydrogens is 316 g/mol. The summed E-state index contributed by atoms with van der Waals surface area (Å²) < 4.78 is 13.1. The Morgan fingerprint density at radius 3 is 2.52 bits per heavy atom. The van der Waals surface area contributed by atoms with Crippen molar-refractivity contribution in [1.29, 1.82) is 0 Å². The molecule has 2 aromatic rings. The third-order valence-electron chi connectivity index (χ3n) is 4.46. The maximum absolute atomic E-state index is 12.3. The normalized spacial score (nSPS) is 17.4. The van der Waals surface area contributed by atoms with Crippen LogP contribution in [0, 0.1) is 0 Å². The van der Waals surface area contributed by atoms with E-state index in [-0.39, 0.29) is 12.3 Å². The number of benzene rings is 1. The van der Waals surface area contributed by atoms with Crippen molar-refractivity contribution in [2.24, 2.45) is 0 Å². The first-order valence-corrected chi connectivity index (χ1v) is 9.09. The number of rotatable bonds is 3. The van der Waals surface area contributed by atoms with Gasteiger partial charge in [-0.05, 0) is 64.8 Å². The molecule has 1 aromatic heterocycles. The Labute approximate surface area is 149 Å². The van der Waals surface area contributed by atoms with Gasteiger partial charge in [-0.3, -0.25) is 9.47 Å². The summed E-state index contributed by atoms with van der Waals surface area (Å²) in [5, 5.41) is 0.967. The molecule has 25 heavy (non-hydrogen) atoms. The van der Waals surface area contributed by atoms with Crippen LogP contribution in [0.2, 0.25) is 0 Å². The minimum Gasteiger partial charge on any atom is -0.475 e. The molecule has 1 aliphatic heterocycles. The molecule has 0 radical (unpaired) electrons. The van der Waals surface area contributed by atoms with E-state index >= 15 is 0 Å². The Morgan fingerprint density at radius 1 is 1.12 bits per heavy atom. The van der Waals surface area contributed by atoms with E-state index < -0.39 is 5.60 Å². The first-order valence-electron chi connectivity index (χ1n) is 9.09. The van der Waals surface area contributed by atoms with Crippen molar-refractivity contribution in [3.05, 3.63) is 30.5 Å². The lowest BCUT2D eigenvalue weighted by Crippen LogP contribution is -2.40. The molecule has 1 fully saturated rings. The molecule has 0 amide bonds. The van der Waals surface area contributed by atoms with Gasteiger partial charge in [0.2, 0.25) is 0 Å². The molecule has 1 saturated heterocycles. The van der Waals surface area contributed by atoms with Crippen molar-refractivity contribution in [2.45, 2.75) is 58.8 Å². The van der Waals surface area contributed by atoms with Gasteiger partial charge in [-0.1, -0.05) is 6.42 Å². The average molecular weight is 344 g/mol. The maximum atomic E-state index is 12.3. The second-order valence-electron chi connectivity index (χ2n) is 7.70. The van der Waals surface area contributed by atoms with Crippen LogP contribution in [0.5, 0.6) is 5.75 Å². The summed E-state index contributed by atoms with van der Waals surface area (Å²) >= 11 is 0. The van der Waals surface area contributed by atoms with Gasteiger partial charge >= 0.3 is 6.09 Å². The number of fused-ring (bicyclic) bond motifs is 1. The van der Waals surface area contributed by atoms with E-state index in [0.717, 1.165) is 29.7 Å². The van der Waals surface area contributed by atoms with Gasteiger partial charge in [0, 0.05) is 24.7 Å². The highest BCUT2D eigenvalue weighted by atomic mass is 16.6. The van der Waals surface area contributed by atoms with Crippen LogP contribution in [0.25, 0.3) is 10.9 Å². The lowest BCUT2D eigenvalue weighted by molar-refractivity contribution is 0.0263. The number of hydrogen-bond acceptors (Lipinski definition) is 4. The van der Waals surface area contributed by atoms with E-state index in [1.165, 1.54) is 19.3 Å². The van der Waals surface area contributed by atoms with Gasteiger partial charge in [-0.25, -0.2) is 4.79 Å². The number of hydrogen-bond donors (Lipinski definition) is 0. The molecule has 1 aliphatic rings. The molecule has 0 spiro atoms. The summed E-state index contributed by atoms with van der Waals surface area (Å²) in [7, 11) is 0. The molecule has 136 valence electrons. The van der Waals surface area contributed by atoms with Crippen LogP contribution >= 0.6 is 0 Å². The van der Waals surface area contributed by atoms with Crippen LogP contribution in [-0.2, 0) is 4.74 Å². The Morgan fingerprint density at radius 2 is 1.84 bits per heavy atom. The highest BCUT2D eigenvalue weighted by Crippen LogP contribution is 2.25. The minimum absolute atomic E-state index is 0.0608. The van der Waals surface area contributed by atoms with Crippen LogP contribution in [-0.4, -0.2) is 40.5 Å². The first kappa shape index (κ1) is 17.8. The Balaban J connectivity index is 1.74. The highest BCUT2D eigenvalue weighted by molar-refractivity contribution is 5.90. The zero-order valence-electron chi connectivity index (χ0n) is 15.6. The first-order chi connectivity index (χ1) is 11.8. The fraction of sp³-hybridized carbons (Fsp3) is 0.550. The van der Waals surface area contributed by atoms with Gasteiger partial charge in [0.15, 0.2) is 0 Å². The molecule has 0 aliphatic carbocycles. The van der Waals surface area contributed by atoms with Gasteiger partial charge in [0.1, 0.15) is 17.6 Å². The van der Waals surface area contributed by atoms with Gasteiger partial charge in [-0.15, -0.1) is 0 Å². The second-order valence-corrected chi connectivity index (χ2v) is 7.70. The standard InChI is InChI=1S/C20H28N2O3/c1-15(21-11-6-5-7-12-21)24-17-8-9-18-16(14-17)10-13-22(18)19(23)25-20(2,3)4/h8-10,13-15H,5-7,11-12H2,1-4H3. The average Bonchev–Trinajstić information content (AvgIpc) is 2.97. The number of carbonyl (C=O) groups is 1. The molecular formula is C20H28N2O3. The van der Waals surface area contributed by atoms with Crippen LogP contribution in [0.4, 0.5) is 4.79 Å². The number of carbonyl (C=O) groups excluding carboxylic acids is 1. The van der Waals surface area contributed by atoms with Crippen LogP contribution in [0.15, 0.2) is 30.5 Å². The third kappa shape index (κ3) is 4.34. The van der Waals surface area contributed by atoms with Crippen molar-refractivity contribution in [3.63, 3.8) is 0 Å². The molecule has 1 aromatic carbocycles. The van der Waals surface area contributed by atoms with E-state index in [1.807, 2.05) is 45.0 Å². The summed E-state index contributed by atoms with van der Waals surface area (Å²) in [5.41, 5.74) is 0.313. The molecule has 0 saturated carbocycles. The Bertz CT molecular complexity index is 739. The predicted molar refractivity (Wildman–Crippen MR) is 99.1 cm³/mol. The summed E-state index contributed by atoms with van der Waals surface area (Å²) in [6, 6.07) is 7.73. The highest BCUT2D eigenvalue weighted by Gasteiger charge is 2.20. The van der Waals surface area contributed by atoms with E-state index in [1.54, 1.807) is 10.8 Å². The van der Waals surface area contributed by atoms with Crippen molar-refractivity contribution >= 4 is 17.0 Å². The summed E-state index contributed by atoms with van der Waals surface area (Å²) in [6.07, 6.45) is 5.24. The molecule has 5 nitrogen and oxygen atoms in total. The zero-order valence-corrected chi connectivity index (χ0v) is 15.6. The summed E-state index contributed by atoms with van der Waals surface area (Å²) in [5.74, 6) is 0.826. The van der Waals surface area contributed by atoms with Crippen LogP contribution in [0.3, 0.4) is 0 Å². The van der Waals surface area contributed by atoms with Crippen LogP contribution in [0.1, 0.15) is 47.0 Å². The number of piperidine rings is 1. The van der Waals surface area contributed by atoms with Crippen molar-refractivity contribution < 1.29 is 14.3 Å². The molecule has 1 atom stereocenters. The topological polar surface area (TPSA) is 43.7 Å². The lowest BCUT2D eigenvalue weighted by atomic mass is 10.1. The zero-order chi connectivity index (χ0) is 18.0. The van der Waals surface area contributed by atoms with Crippen molar-refractivity contribution in [3.8, 4) is 5.75 Å². The molecule has 1 unspecified atom stereocenters. The van der Waals surface area contributed by atoms with E-state index in [4.69, 9.17) is 9.47 Å². The fourth-order valence-electron chi connectivity index (χ4n) is 3.22. The number of aromatic nitrogens is 1. The largest absolute Gasteiger partial charge is 0.475 e. The fourth-order valence-corrected chi connectivity index (χ4v) is 3.22. The minimum atomic E-state index is -0.513. The molecule has 3 rings (SSSR count). The summed E-state index contributed by atoms with van der Waals surface area (Å²) in [4.78, 5) is 14.7. The maximum Gasteiger partial charge on any atom is 0.418 e. The van der Waals surface area contributed by atoms with Gasteiger partial charge < -0.3 is 9.47 Å². The number of nitrogens with zero attached hydrogens (tertiary/aromatic N) is 2. The Kier molecular flexibility index (Phi) is 5.04. The number of likely N-dealkylation sites (tertiary alicyclic amines) is 1. The van der Waals surface area contributed by atoms with Gasteiger partial charge in [-0.2, -0.15) is 0 Å². The quantitative estimate of drug-likeness (QED) is 0.814. The smallest absolute Gasteiger partial charge is 0.418 e. The van der Waals surface area contributed by atoms with Gasteiger partial charge in [0.25, 0.3) is 0 Å². The van der Waals surface area contributed by atoms with Crippen LogP contribution < -0.4 is 4.74 Å². The monoisotopic (exact) mass is 344 g/mol. The van der Waals surface area contributed by atoms with Gasteiger partial charge in [0.05, 0.1) is 5.52 Å². The third-order valence-corrected chi connectivity index (χ3v) is 4.46. The SMILES string of the molecule is CC(Oc1ccc2c(ccn2C(=O)OC(C)(C)C)c1)N1CCCCC1. The molecule has 0 bridgehead atoms. The Hall–Kier alpha value is -2.01. The predicted octanol–water partition coefficient (Wildman–Crippen LogP) is 4.64. The van der Waals surface area contributed by atoms with E-state index in [0.29, 0.717) is 0 Å². The van der Waals surface area contributed by atoms with E-state index in [9.17, 15) is 4.79 Å². The molecule has 5 heteroatoms. The summed E-state index contributed by atoms with van der Waals surface area (Å²) in [6.45, 7) is 9.89. The molecule has 0 N–H and O–H groups in total.